The number of hydrogen-bond acceptors (Lipinski definition) is 4. The average Bonchev–Trinajstić information content (AvgIpc) is 2.03. The fraction of sp³-hybridized carbons (Fsp3) is 0. The molecule has 0 aromatic heterocycles. The number of carbonyl (C=O) groups is 2. The average molecular weight is 222 g/mol. The third-order valence-electron chi connectivity index (χ3n) is 1.42. The molecule has 0 saturated heterocycles. The summed E-state index contributed by atoms with van der Waals surface area (Å²) in [6, 6.07) is 3.32. The zero-order valence-electron chi connectivity index (χ0n) is 7.24. The van der Waals surface area contributed by atoms with Gasteiger partial charge in [-0.25, -0.2) is 0 Å². The molecule has 1 rings (SSSR count). The predicted molar refractivity (Wildman–Crippen MR) is 45.9 cm³/mol. The molecule has 0 aliphatic carbocycles. The van der Waals surface area contributed by atoms with Gasteiger partial charge in [0.05, 0.1) is 11.9 Å². The van der Waals surface area contributed by atoms with Crippen molar-refractivity contribution < 1.29 is 19.8 Å². The van der Waals surface area contributed by atoms with Crippen molar-refractivity contribution >= 4 is 53.1 Å². The van der Waals surface area contributed by atoms with E-state index in [0.717, 1.165) is 12.1 Å². The van der Waals surface area contributed by atoms with E-state index in [4.69, 9.17) is 11.6 Å². The number of carboxylic acid groups (broad SMARTS) is 2. The third-order valence-corrected chi connectivity index (χ3v) is 1.66. The molecule has 1 radical (unpaired) electrons. The van der Waals surface area contributed by atoms with Gasteiger partial charge in [0, 0.05) is 45.7 Å². The monoisotopic (exact) mass is 221 g/mol. The van der Waals surface area contributed by atoms with Crippen LogP contribution in [0.5, 0.6) is 0 Å². The fourth-order valence-electron chi connectivity index (χ4n) is 0.863. The molecule has 0 aliphatic rings. The van der Waals surface area contributed by atoms with Gasteiger partial charge in [-0.1, -0.05) is 17.7 Å². The first-order valence-electron chi connectivity index (χ1n) is 3.24. The zero-order chi connectivity index (χ0) is 10.0. The van der Waals surface area contributed by atoms with Crippen molar-refractivity contribution in [3.8, 4) is 0 Å². The van der Waals surface area contributed by atoms with Crippen LogP contribution < -0.4 is 10.2 Å². The Balaban J connectivity index is 0.00000169. The van der Waals surface area contributed by atoms with E-state index in [1.807, 2.05) is 0 Å². The molecule has 0 atom stereocenters. The van der Waals surface area contributed by atoms with Crippen LogP contribution in [0.1, 0.15) is 20.7 Å². The number of rotatable bonds is 2. The van der Waals surface area contributed by atoms with Crippen LogP contribution in [0.3, 0.4) is 0 Å². The van der Waals surface area contributed by atoms with Gasteiger partial charge in [-0.05, 0) is 12.1 Å². The largest absolute Gasteiger partial charge is 0.545 e. The number of carboxylic acids is 2. The topological polar surface area (TPSA) is 80.3 Å². The van der Waals surface area contributed by atoms with Crippen molar-refractivity contribution in [2.45, 2.75) is 0 Å². The van der Waals surface area contributed by atoms with Crippen LogP contribution in [-0.4, -0.2) is 41.5 Å². The molecular weight excluding hydrogens is 219 g/mol. The molecule has 0 bridgehead atoms. The summed E-state index contributed by atoms with van der Waals surface area (Å²) in [4.78, 5) is 20.8. The minimum Gasteiger partial charge on any atom is -0.545 e. The van der Waals surface area contributed by atoms with Gasteiger partial charge < -0.3 is 19.8 Å². The Morgan fingerprint density at radius 3 is 2.00 bits per heavy atom. The number of hydrogen-bond donors (Lipinski definition) is 0. The van der Waals surface area contributed by atoms with Crippen LogP contribution in [0.25, 0.3) is 0 Å². The molecule has 0 amide bonds. The number of carbonyl (C=O) groups excluding carboxylic acids is 2. The molecule has 0 spiro atoms. The Kier molecular flexibility index (Phi) is 5.15. The van der Waals surface area contributed by atoms with Crippen LogP contribution in [0, 0.1) is 0 Å². The van der Waals surface area contributed by atoms with Crippen molar-refractivity contribution in [1.29, 1.82) is 0 Å². The Labute approximate surface area is 107 Å². The van der Waals surface area contributed by atoms with Gasteiger partial charge in [0.25, 0.3) is 0 Å². The first-order chi connectivity index (χ1) is 6.02. The van der Waals surface area contributed by atoms with Crippen LogP contribution in [0.4, 0.5) is 0 Å². The Morgan fingerprint density at radius 2 is 1.57 bits per heavy atom. The number of halogens is 1. The van der Waals surface area contributed by atoms with Crippen molar-refractivity contribution in [3.05, 3.63) is 34.3 Å². The summed E-state index contributed by atoms with van der Waals surface area (Å²) in [7, 11) is 0. The summed E-state index contributed by atoms with van der Waals surface area (Å²) in [6.45, 7) is 0. The van der Waals surface area contributed by atoms with Crippen LogP contribution in [0.2, 0.25) is 5.02 Å². The summed E-state index contributed by atoms with van der Waals surface area (Å²) >= 11 is 5.46. The number of benzene rings is 1. The summed E-state index contributed by atoms with van der Waals surface area (Å²) in [5.74, 6) is -3.17. The minimum atomic E-state index is -1.60. The second-order valence-electron chi connectivity index (χ2n) is 2.26. The normalized spacial score (nSPS) is 8.93. The van der Waals surface area contributed by atoms with E-state index >= 15 is 0 Å². The zero-order valence-corrected chi connectivity index (χ0v) is 10.00. The summed E-state index contributed by atoms with van der Waals surface area (Å²) in [6.07, 6.45) is 0. The Morgan fingerprint density at radius 1 is 1.07 bits per heavy atom. The third kappa shape index (κ3) is 2.99. The molecule has 0 fully saturated rings. The first-order valence-corrected chi connectivity index (χ1v) is 3.62. The van der Waals surface area contributed by atoms with Gasteiger partial charge in [0.15, 0.2) is 0 Å². The van der Waals surface area contributed by atoms with Crippen molar-refractivity contribution in [1.82, 2.24) is 0 Å². The molecule has 0 saturated carbocycles. The van der Waals surface area contributed by atoms with Gasteiger partial charge in [-0.3, -0.25) is 0 Å². The first kappa shape index (κ1) is 13.4. The summed E-state index contributed by atoms with van der Waals surface area (Å²) in [5.41, 5.74) is -0.920. The summed E-state index contributed by atoms with van der Waals surface area (Å²) in [5, 5.41) is 20.9. The van der Waals surface area contributed by atoms with Gasteiger partial charge in [-0.2, -0.15) is 0 Å². The molecule has 0 N–H and O–H groups in total. The number of aromatic carboxylic acids is 2. The molecule has 69 valence electrons. The van der Waals surface area contributed by atoms with E-state index < -0.39 is 23.1 Å². The fourth-order valence-corrected chi connectivity index (χ4v) is 1.04. The van der Waals surface area contributed by atoms with Crippen LogP contribution >= 0.6 is 11.6 Å². The van der Waals surface area contributed by atoms with E-state index in [9.17, 15) is 19.8 Å². The SMILES string of the molecule is O=C([O-])c1ccc(Cl)cc1C(=O)[O-].[Na]. The maximum atomic E-state index is 10.4. The second-order valence-corrected chi connectivity index (χ2v) is 2.70. The van der Waals surface area contributed by atoms with E-state index in [0.29, 0.717) is 0 Å². The van der Waals surface area contributed by atoms with Gasteiger partial charge in [-0.15, -0.1) is 0 Å². The standard InChI is InChI=1S/C8H5ClO4.Na/c9-4-1-2-5(7(10)11)6(3-4)8(12)13;/h1-3H,(H,10,11)(H,12,13);/p-2. The van der Waals surface area contributed by atoms with Gasteiger partial charge in [0.2, 0.25) is 0 Å². The van der Waals surface area contributed by atoms with E-state index in [-0.39, 0.29) is 34.6 Å². The second kappa shape index (κ2) is 5.36. The van der Waals surface area contributed by atoms with Crippen LogP contribution in [-0.2, 0) is 0 Å². The molecule has 6 heteroatoms. The molecule has 14 heavy (non-hydrogen) atoms. The minimum absolute atomic E-state index is 0. The quantitative estimate of drug-likeness (QED) is 0.581. The van der Waals surface area contributed by atoms with Crippen molar-refractivity contribution in [3.63, 3.8) is 0 Å². The molecule has 1 aromatic carbocycles. The summed E-state index contributed by atoms with van der Waals surface area (Å²) < 4.78 is 0. The molecule has 4 nitrogen and oxygen atoms in total. The van der Waals surface area contributed by atoms with Crippen molar-refractivity contribution in [2.24, 2.45) is 0 Å². The van der Waals surface area contributed by atoms with E-state index in [2.05, 4.69) is 0 Å². The van der Waals surface area contributed by atoms with Gasteiger partial charge in [0.1, 0.15) is 0 Å². The predicted octanol–water partition coefficient (Wildman–Crippen LogP) is -1.31. The molecule has 0 unspecified atom stereocenters. The molecule has 0 heterocycles. The Bertz CT molecular complexity index is 378. The maximum Gasteiger partial charge on any atom is 0.0722 e. The Hall–Kier alpha value is -0.550. The molecule has 1 aromatic rings. The van der Waals surface area contributed by atoms with Crippen LogP contribution in [0.15, 0.2) is 18.2 Å². The van der Waals surface area contributed by atoms with E-state index in [1.54, 1.807) is 0 Å². The van der Waals surface area contributed by atoms with E-state index in [1.165, 1.54) is 6.07 Å². The van der Waals surface area contributed by atoms with Gasteiger partial charge >= 0.3 is 0 Å². The van der Waals surface area contributed by atoms with Crippen molar-refractivity contribution in [2.75, 3.05) is 0 Å². The molecular formula is C8H3ClNaO4-2. The smallest absolute Gasteiger partial charge is 0.0722 e. The molecule has 0 aliphatic heterocycles. The maximum absolute atomic E-state index is 10.4.